The van der Waals surface area contributed by atoms with Crippen LogP contribution in [0.3, 0.4) is 0 Å². The monoisotopic (exact) mass is 335 g/mol. The Morgan fingerprint density at radius 2 is 1.65 bits per heavy atom. The Morgan fingerprint density at radius 1 is 1.05 bits per heavy atom. The van der Waals surface area contributed by atoms with E-state index in [0.717, 1.165) is 16.5 Å². The highest BCUT2D eigenvalue weighted by Crippen LogP contribution is 2.25. The lowest BCUT2D eigenvalue weighted by Crippen LogP contribution is -2.23. The van der Waals surface area contributed by atoms with Gasteiger partial charge in [0.2, 0.25) is 0 Å². The molecule has 0 aliphatic rings. The maximum absolute atomic E-state index is 12.0. The van der Waals surface area contributed by atoms with Crippen LogP contribution in [-0.2, 0) is 11.9 Å². The highest BCUT2D eigenvalue weighted by atomic mass is 79.9. The van der Waals surface area contributed by atoms with Crippen molar-refractivity contribution in [2.24, 2.45) is 0 Å². The number of carbonyl (C=O) groups is 1. The molecule has 1 amide bonds. The molecule has 2 aromatic carbocycles. The van der Waals surface area contributed by atoms with Crippen LogP contribution in [0.4, 0.5) is 0 Å². The number of nitrogens with one attached hydrogen (secondary N) is 1. The molecular formula is C15H14BrNO3. The summed E-state index contributed by atoms with van der Waals surface area (Å²) in [6, 6.07) is 12.0. The van der Waals surface area contributed by atoms with E-state index in [0.29, 0.717) is 6.54 Å². The third-order valence-corrected chi connectivity index (χ3v) is 3.49. The van der Waals surface area contributed by atoms with E-state index in [1.54, 1.807) is 0 Å². The van der Waals surface area contributed by atoms with E-state index in [-0.39, 0.29) is 17.1 Å². The number of rotatable bonds is 4. The van der Waals surface area contributed by atoms with Gasteiger partial charge in [-0.05, 0) is 23.3 Å². The van der Waals surface area contributed by atoms with Gasteiger partial charge in [0, 0.05) is 11.9 Å². The van der Waals surface area contributed by atoms with Crippen LogP contribution in [0.2, 0.25) is 0 Å². The second kappa shape index (κ2) is 6.43. The topological polar surface area (TPSA) is 69.6 Å². The second-order valence-corrected chi connectivity index (χ2v) is 4.87. The zero-order chi connectivity index (χ0) is 14.5. The van der Waals surface area contributed by atoms with Crippen LogP contribution in [0.15, 0.2) is 42.5 Å². The fourth-order valence-corrected chi connectivity index (χ4v) is 2.20. The molecule has 0 aliphatic carbocycles. The maximum atomic E-state index is 12.0. The van der Waals surface area contributed by atoms with Crippen LogP contribution < -0.4 is 5.32 Å². The summed E-state index contributed by atoms with van der Waals surface area (Å²) in [6.45, 7) is 0.327. The lowest BCUT2D eigenvalue weighted by molar-refractivity contribution is 0.0945. The number of phenols is 2. The number of hydrogen-bond donors (Lipinski definition) is 3. The fourth-order valence-electron chi connectivity index (χ4n) is 1.85. The summed E-state index contributed by atoms with van der Waals surface area (Å²) in [7, 11) is 0. The van der Waals surface area contributed by atoms with Crippen LogP contribution in [-0.4, -0.2) is 16.1 Å². The SMILES string of the molecule is O=C(NCc1cccc(CBr)c1)c1c(O)cccc1O. The zero-order valence-electron chi connectivity index (χ0n) is 10.6. The number of hydrogen-bond acceptors (Lipinski definition) is 3. The van der Waals surface area contributed by atoms with Gasteiger partial charge in [0.25, 0.3) is 5.91 Å². The van der Waals surface area contributed by atoms with Gasteiger partial charge < -0.3 is 15.5 Å². The van der Waals surface area contributed by atoms with Gasteiger partial charge in [0.15, 0.2) is 0 Å². The second-order valence-electron chi connectivity index (χ2n) is 4.31. The molecule has 0 bridgehead atoms. The number of amides is 1. The van der Waals surface area contributed by atoms with E-state index in [1.807, 2.05) is 24.3 Å². The number of aromatic hydroxyl groups is 2. The van der Waals surface area contributed by atoms with Gasteiger partial charge in [-0.3, -0.25) is 4.79 Å². The summed E-state index contributed by atoms with van der Waals surface area (Å²) < 4.78 is 0. The van der Waals surface area contributed by atoms with Gasteiger partial charge in [-0.15, -0.1) is 0 Å². The van der Waals surface area contributed by atoms with Crippen molar-refractivity contribution in [3.63, 3.8) is 0 Å². The Morgan fingerprint density at radius 3 is 2.30 bits per heavy atom. The standard InChI is InChI=1S/C15H14BrNO3/c16-8-10-3-1-4-11(7-10)9-17-15(20)14-12(18)5-2-6-13(14)19/h1-7,18-19H,8-9H2,(H,17,20). The molecule has 0 heterocycles. The molecule has 0 saturated heterocycles. The normalized spacial score (nSPS) is 10.2. The lowest BCUT2D eigenvalue weighted by Gasteiger charge is -2.09. The number of phenolic OH excluding ortho intramolecular Hbond substituents is 2. The van der Waals surface area contributed by atoms with Crippen molar-refractivity contribution in [1.29, 1.82) is 0 Å². The van der Waals surface area contributed by atoms with Crippen LogP contribution in [0.5, 0.6) is 11.5 Å². The van der Waals surface area contributed by atoms with Crippen molar-refractivity contribution in [3.8, 4) is 11.5 Å². The average Bonchev–Trinajstić information content (AvgIpc) is 2.45. The van der Waals surface area contributed by atoms with Crippen molar-refractivity contribution in [2.75, 3.05) is 0 Å². The van der Waals surface area contributed by atoms with Crippen LogP contribution in [0.1, 0.15) is 21.5 Å². The number of alkyl halides is 1. The molecule has 104 valence electrons. The Kier molecular flexibility index (Phi) is 4.63. The molecule has 0 unspecified atom stereocenters. The third kappa shape index (κ3) is 3.30. The summed E-state index contributed by atoms with van der Waals surface area (Å²) in [4.78, 5) is 12.0. The van der Waals surface area contributed by atoms with E-state index in [9.17, 15) is 15.0 Å². The molecule has 20 heavy (non-hydrogen) atoms. The molecule has 5 heteroatoms. The third-order valence-electron chi connectivity index (χ3n) is 2.85. The number of carbonyl (C=O) groups excluding carboxylic acids is 1. The highest BCUT2D eigenvalue weighted by Gasteiger charge is 2.15. The minimum Gasteiger partial charge on any atom is -0.507 e. The zero-order valence-corrected chi connectivity index (χ0v) is 12.2. The Hall–Kier alpha value is -2.01. The van der Waals surface area contributed by atoms with E-state index in [4.69, 9.17) is 0 Å². The van der Waals surface area contributed by atoms with Crippen LogP contribution in [0.25, 0.3) is 0 Å². The van der Waals surface area contributed by atoms with E-state index in [2.05, 4.69) is 21.2 Å². The van der Waals surface area contributed by atoms with Gasteiger partial charge in [-0.1, -0.05) is 46.3 Å². The van der Waals surface area contributed by atoms with Crippen LogP contribution >= 0.6 is 15.9 Å². The van der Waals surface area contributed by atoms with Gasteiger partial charge in [0.1, 0.15) is 17.1 Å². The number of benzene rings is 2. The molecule has 0 saturated carbocycles. The number of halogens is 1. The minimum absolute atomic E-state index is 0.107. The molecule has 0 atom stereocenters. The van der Waals surface area contributed by atoms with Crippen molar-refractivity contribution in [1.82, 2.24) is 5.32 Å². The predicted molar refractivity (Wildman–Crippen MR) is 80.0 cm³/mol. The van der Waals surface area contributed by atoms with E-state index < -0.39 is 5.91 Å². The van der Waals surface area contributed by atoms with Crippen molar-refractivity contribution < 1.29 is 15.0 Å². The summed E-state index contributed by atoms with van der Waals surface area (Å²) >= 11 is 3.37. The first-order valence-electron chi connectivity index (χ1n) is 6.04. The van der Waals surface area contributed by atoms with Gasteiger partial charge in [-0.25, -0.2) is 0 Å². The summed E-state index contributed by atoms with van der Waals surface area (Å²) in [5, 5.41) is 22.6. The molecule has 0 fully saturated rings. The van der Waals surface area contributed by atoms with Gasteiger partial charge in [0.05, 0.1) is 0 Å². The fraction of sp³-hybridized carbons (Fsp3) is 0.133. The van der Waals surface area contributed by atoms with E-state index >= 15 is 0 Å². The molecule has 4 nitrogen and oxygen atoms in total. The Labute approximate surface area is 125 Å². The molecular weight excluding hydrogens is 322 g/mol. The largest absolute Gasteiger partial charge is 0.507 e. The average molecular weight is 336 g/mol. The lowest BCUT2D eigenvalue weighted by atomic mass is 10.1. The van der Waals surface area contributed by atoms with Gasteiger partial charge in [-0.2, -0.15) is 0 Å². The van der Waals surface area contributed by atoms with E-state index in [1.165, 1.54) is 18.2 Å². The molecule has 2 rings (SSSR count). The summed E-state index contributed by atoms with van der Waals surface area (Å²) in [5.74, 6) is -0.988. The first-order chi connectivity index (χ1) is 9.61. The molecule has 2 aromatic rings. The smallest absolute Gasteiger partial charge is 0.259 e. The van der Waals surface area contributed by atoms with Crippen molar-refractivity contribution >= 4 is 21.8 Å². The van der Waals surface area contributed by atoms with Crippen molar-refractivity contribution in [2.45, 2.75) is 11.9 Å². The molecule has 0 aromatic heterocycles. The minimum atomic E-state index is -0.509. The first-order valence-corrected chi connectivity index (χ1v) is 7.17. The summed E-state index contributed by atoms with van der Waals surface area (Å²) in [5.41, 5.74) is 1.96. The van der Waals surface area contributed by atoms with Crippen LogP contribution in [0, 0.1) is 0 Å². The molecule has 0 aliphatic heterocycles. The van der Waals surface area contributed by atoms with Gasteiger partial charge >= 0.3 is 0 Å². The Bertz CT molecular complexity index is 608. The highest BCUT2D eigenvalue weighted by molar-refractivity contribution is 9.08. The predicted octanol–water partition coefficient (Wildman–Crippen LogP) is 2.92. The Balaban J connectivity index is 2.09. The molecule has 3 N–H and O–H groups in total. The summed E-state index contributed by atoms with van der Waals surface area (Å²) in [6.07, 6.45) is 0. The van der Waals surface area contributed by atoms with Crippen molar-refractivity contribution in [3.05, 3.63) is 59.2 Å². The quantitative estimate of drug-likeness (QED) is 0.752. The molecule has 0 spiro atoms. The maximum Gasteiger partial charge on any atom is 0.259 e. The first kappa shape index (κ1) is 14.4. The molecule has 0 radical (unpaired) electrons.